The highest BCUT2D eigenvalue weighted by atomic mass is 79.9. The molecule has 1 aromatic carbocycles. The minimum atomic E-state index is 0.635. The number of nitrogens with two attached hydrogens (primary N) is 1. The van der Waals surface area contributed by atoms with Crippen LogP contribution in [-0.2, 0) is 0 Å². The van der Waals surface area contributed by atoms with Crippen molar-refractivity contribution in [1.29, 1.82) is 0 Å². The highest BCUT2D eigenvalue weighted by molar-refractivity contribution is 9.10. The zero-order valence-electron chi connectivity index (χ0n) is 8.63. The van der Waals surface area contributed by atoms with Crippen molar-refractivity contribution < 1.29 is 0 Å². The number of halogens is 1. The predicted molar refractivity (Wildman–Crippen MR) is 67.1 cm³/mol. The van der Waals surface area contributed by atoms with Crippen LogP contribution in [0.15, 0.2) is 22.7 Å². The van der Waals surface area contributed by atoms with Crippen molar-refractivity contribution in [2.24, 2.45) is 0 Å². The molecule has 2 aromatic rings. The Morgan fingerprint density at radius 3 is 2.73 bits per heavy atom. The molecule has 3 heteroatoms. The topological polar surface area (TPSA) is 30.9 Å². The van der Waals surface area contributed by atoms with E-state index < -0.39 is 0 Å². The van der Waals surface area contributed by atoms with Gasteiger partial charge >= 0.3 is 0 Å². The van der Waals surface area contributed by atoms with Crippen LogP contribution in [0, 0.1) is 6.92 Å². The minimum absolute atomic E-state index is 0.635. The van der Waals surface area contributed by atoms with Crippen molar-refractivity contribution in [2.75, 3.05) is 5.73 Å². The lowest BCUT2D eigenvalue weighted by atomic mass is 10.1. The van der Waals surface area contributed by atoms with Gasteiger partial charge in [-0.15, -0.1) is 0 Å². The van der Waals surface area contributed by atoms with Gasteiger partial charge in [-0.3, -0.25) is 0 Å². The minimum Gasteiger partial charge on any atom is -0.385 e. The molecule has 0 amide bonds. The molecule has 0 saturated heterocycles. The molecule has 1 saturated carbocycles. The molecule has 2 nitrogen and oxygen atoms in total. The Balaban J connectivity index is 2.38. The SMILES string of the molecule is Cc1cc(Br)cc2c1cc(N)n2C1CC1. The first-order valence-corrected chi connectivity index (χ1v) is 6.02. The molecule has 1 heterocycles. The summed E-state index contributed by atoms with van der Waals surface area (Å²) in [5, 5.41) is 1.28. The largest absolute Gasteiger partial charge is 0.385 e. The molecule has 2 N–H and O–H groups in total. The summed E-state index contributed by atoms with van der Waals surface area (Å²) in [4.78, 5) is 0. The fourth-order valence-corrected chi connectivity index (χ4v) is 2.78. The molecule has 3 rings (SSSR count). The molecule has 1 fully saturated rings. The Kier molecular flexibility index (Phi) is 1.87. The lowest BCUT2D eigenvalue weighted by Gasteiger charge is -2.06. The fraction of sp³-hybridized carbons (Fsp3) is 0.333. The van der Waals surface area contributed by atoms with Gasteiger partial charge in [0.05, 0.1) is 5.52 Å². The maximum absolute atomic E-state index is 6.06. The maximum Gasteiger partial charge on any atom is 0.104 e. The first-order chi connectivity index (χ1) is 7.16. The Labute approximate surface area is 97.2 Å². The van der Waals surface area contributed by atoms with Gasteiger partial charge in [-0.1, -0.05) is 15.9 Å². The van der Waals surface area contributed by atoms with Gasteiger partial charge in [0.15, 0.2) is 0 Å². The molecular formula is C12H13BrN2. The van der Waals surface area contributed by atoms with Crippen molar-refractivity contribution in [2.45, 2.75) is 25.8 Å². The number of nitrogen functional groups attached to an aromatic ring is 1. The highest BCUT2D eigenvalue weighted by Gasteiger charge is 2.26. The number of fused-ring (bicyclic) bond motifs is 1. The second-order valence-electron chi connectivity index (χ2n) is 4.33. The first kappa shape index (κ1) is 9.28. The molecule has 0 atom stereocenters. The van der Waals surface area contributed by atoms with E-state index in [1.54, 1.807) is 0 Å². The Hall–Kier alpha value is -0.960. The molecule has 0 aliphatic heterocycles. The summed E-state index contributed by atoms with van der Waals surface area (Å²) in [6.45, 7) is 2.13. The van der Waals surface area contributed by atoms with Gasteiger partial charge in [0.1, 0.15) is 5.82 Å². The molecule has 78 valence electrons. The molecule has 0 bridgehead atoms. The van der Waals surface area contributed by atoms with Crippen LogP contribution in [-0.4, -0.2) is 4.57 Å². The number of hydrogen-bond donors (Lipinski definition) is 1. The average Bonchev–Trinajstić information content (AvgIpc) is 2.91. The number of anilines is 1. The van der Waals surface area contributed by atoms with Gasteiger partial charge in [0, 0.05) is 15.9 Å². The second-order valence-corrected chi connectivity index (χ2v) is 5.24. The van der Waals surface area contributed by atoms with Crippen LogP contribution in [0.3, 0.4) is 0 Å². The van der Waals surface area contributed by atoms with Crippen LogP contribution in [0.4, 0.5) is 5.82 Å². The van der Waals surface area contributed by atoms with Gasteiger partial charge in [0.2, 0.25) is 0 Å². The van der Waals surface area contributed by atoms with E-state index in [9.17, 15) is 0 Å². The molecule has 1 aliphatic carbocycles. The van der Waals surface area contributed by atoms with Crippen LogP contribution < -0.4 is 5.73 Å². The van der Waals surface area contributed by atoms with E-state index in [0.29, 0.717) is 6.04 Å². The van der Waals surface area contributed by atoms with E-state index in [2.05, 4.69) is 45.6 Å². The van der Waals surface area contributed by atoms with Gasteiger partial charge in [-0.25, -0.2) is 0 Å². The van der Waals surface area contributed by atoms with Crippen LogP contribution in [0.25, 0.3) is 10.9 Å². The molecule has 0 radical (unpaired) electrons. The summed E-state index contributed by atoms with van der Waals surface area (Å²) in [5.41, 5.74) is 8.61. The van der Waals surface area contributed by atoms with E-state index >= 15 is 0 Å². The fourth-order valence-electron chi connectivity index (χ4n) is 2.22. The van der Waals surface area contributed by atoms with Crippen molar-refractivity contribution in [3.63, 3.8) is 0 Å². The normalized spacial score (nSPS) is 16.1. The van der Waals surface area contributed by atoms with Crippen molar-refractivity contribution in [3.8, 4) is 0 Å². The van der Waals surface area contributed by atoms with E-state index in [4.69, 9.17) is 5.73 Å². The second kappa shape index (κ2) is 3.01. The lowest BCUT2D eigenvalue weighted by Crippen LogP contribution is -1.99. The van der Waals surface area contributed by atoms with Gasteiger partial charge in [0.25, 0.3) is 0 Å². The van der Waals surface area contributed by atoms with E-state index in [1.807, 2.05) is 0 Å². The summed E-state index contributed by atoms with van der Waals surface area (Å²) in [5.74, 6) is 0.897. The van der Waals surface area contributed by atoms with E-state index in [-0.39, 0.29) is 0 Å². The monoisotopic (exact) mass is 264 g/mol. The number of hydrogen-bond acceptors (Lipinski definition) is 1. The third kappa shape index (κ3) is 1.37. The average molecular weight is 265 g/mol. The van der Waals surface area contributed by atoms with Gasteiger partial charge < -0.3 is 10.3 Å². The van der Waals surface area contributed by atoms with Crippen molar-refractivity contribution in [1.82, 2.24) is 4.57 Å². The Bertz CT molecular complexity index is 538. The molecule has 0 spiro atoms. The predicted octanol–water partition coefficient (Wildman–Crippen LogP) is 3.63. The van der Waals surface area contributed by atoms with E-state index in [1.165, 1.54) is 29.3 Å². The molecule has 15 heavy (non-hydrogen) atoms. The zero-order valence-corrected chi connectivity index (χ0v) is 10.2. The third-order valence-corrected chi connectivity index (χ3v) is 3.53. The molecule has 0 unspecified atom stereocenters. The summed E-state index contributed by atoms with van der Waals surface area (Å²) in [7, 11) is 0. The quantitative estimate of drug-likeness (QED) is 0.838. The molecule has 1 aromatic heterocycles. The van der Waals surface area contributed by atoms with Crippen LogP contribution >= 0.6 is 15.9 Å². The Morgan fingerprint density at radius 1 is 1.33 bits per heavy atom. The number of nitrogens with zero attached hydrogens (tertiary/aromatic N) is 1. The standard InChI is InChI=1S/C12H13BrN2/c1-7-4-8(13)5-11-10(7)6-12(14)15(11)9-2-3-9/h4-6,9H,2-3,14H2,1H3. The Morgan fingerprint density at radius 2 is 2.07 bits per heavy atom. The summed E-state index contributed by atoms with van der Waals surface area (Å²) in [6.07, 6.45) is 2.53. The molecule has 1 aliphatic rings. The summed E-state index contributed by atoms with van der Waals surface area (Å²) >= 11 is 3.54. The van der Waals surface area contributed by atoms with Crippen molar-refractivity contribution >= 4 is 32.7 Å². The van der Waals surface area contributed by atoms with Gasteiger partial charge in [-0.05, 0) is 43.5 Å². The number of rotatable bonds is 1. The van der Waals surface area contributed by atoms with E-state index in [0.717, 1.165) is 10.3 Å². The van der Waals surface area contributed by atoms with Gasteiger partial charge in [-0.2, -0.15) is 0 Å². The zero-order chi connectivity index (χ0) is 10.6. The number of aromatic nitrogens is 1. The van der Waals surface area contributed by atoms with Crippen LogP contribution in [0.1, 0.15) is 24.4 Å². The summed E-state index contributed by atoms with van der Waals surface area (Å²) < 4.78 is 3.40. The third-order valence-electron chi connectivity index (χ3n) is 3.07. The maximum atomic E-state index is 6.06. The lowest BCUT2D eigenvalue weighted by molar-refractivity contribution is 0.786. The van der Waals surface area contributed by atoms with Crippen molar-refractivity contribution in [3.05, 3.63) is 28.2 Å². The van der Waals surface area contributed by atoms with Crippen LogP contribution in [0.2, 0.25) is 0 Å². The first-order valence-electron chi connectivity index (χ1n) is 5.23. The highest BCUT2D eigenvalue weighted by Crippen LogP contribution is 2.41. The summed E-state index contributed by atoms with van der Waals surface area (Å²) in [6, 6.07) is 7.03. The van der Waals surface area contributed by atoms with Crippen LogP contribution in [0.5, 0.6) is 0 Å². The smallest absolute Gasteiger partial charge is 0.104 e. The number of aryl methyl sites for hydroxylation is 1. The molecular weight excluding hydrogens is 252 g/mol. The number of benzene rings is 1.